The van der Waals surface area contributed by atoms with Gasteiger partial charge in [0.25, 0.3) is 0 Å². The predicted molar refractivity (Wildman–Crippen MR) is 105 cm³/mol. The Morgan fingerprint density at radius 1 is 0.667 bits per heavy atom. The summed E-state index contributed by atoms with van der Waals surface area (Å²) in [7, 11) is 4.24. The van der Waals surface area contributed by atoms with Gasteiger partial charge in [-0.05, 0) is 61.4 Å². The minimum absolute atomic E-state index is 0.921. The lowest BCUT2D eigenvalue weighted by molar-refractivity contribution is 0.708. The number of rotatable bonds is 7. The Morgan fingerprint density at radius 2 is 1.00 bits per heavy atom. The number of hydrogen-bond acceptors (Lipinski definition) is 2. The van der Waals surface area contributed by atoms with Gasteiger partial charge < -0.3 is 9.80 Å². The van der Waals surface area contributed by atoms with Gasteiger partial charge >= 0.3 is 0 Å². The highest BCUT2D eigenvalue weighted by Crippen LogP contribution is 2.16. The SMILES string of the molecule is C#Cc1ccc(N(C)CCCCN(C)c2ccc(C#C)cc2)cc1. The minimum Gasteiger partial charge on any atom is -0.375 e. The molecule has 0 spiro atoms. The molecule has 2 heteroatoms. The maximum absolute atomic E-state index is 5.39. The van der Waals surface area contributed by atoms with Crippen LogP contribution in [0.4, 0.5) is 11.4 Å². The van der Waals surface area contributed by atoms with Crippen molar-refractivity contribution in [1.82, 2.24) is 0 Å². The summed E-state index contributed by atoms with van der Waals surface area (Å²) < 4.78 is 0. The van der Waals surface area contributed by atoms with Crippen LogP contribution in [0.3, 0.4) is 0 Å². The lowest BCUT2D eigenvalue weighted by atomic mass is 10.2. The van der Waals surface area contributed by atoms with E-state index in [2.05, 4.69) is 60.0 Å². The van der Waals surface area contributed by atoms with Crippen molar-refractivity contribution in [3.8, 4) is 24.7 Å². The van der Waals surface area contributed by atoms with E-state index >= 15 is 0 Å². The van der Waals surface area contributed by atoms with E-state index in [0.29, 0.717) is 0 Å². The summed E-state index contributed by atoms with van der Waals surface area (Å²) in [5.74, 6) is 5.29. The van der Waals surface area contributed by atoms with E-state index in [1.807, 2.05) is 24.3 Å². The van der Waals surface area contributed by atoms with Crippen LogP contribution < -0.4 is 9.80 Å². The topological polar surface area (TPSA) is 6.48 Å². The summed E-state index contributed by atoms with van der Waals surface area (Å²) in [5, 5.41) is 0. The van der Waals surface area contributed by atoms with E-state index in [1.54, 1.807) is 0 Å². The third-order valence-corrected chi connectivity index (χ3v) is 4.19. The van der Waals surface area contributed by atoms with Crippen molar-refractivity contribution in [2.24, 2.45) is 0 Å². The lowest BCUT2D eigenvalue weighted by Gasteiger charge is -2.22. The second kappa shape index (κ2) is 8.70. The molecule has 0 aliphatic carbocycles. The first-order valence-electron chi connectivity index (χ1n) is 8.19. The molecular formula is C22H24N2. The highest BCUT2D eigenvalue weighted by atomic mass is 15.1. The largest absolute Gasteiger partial charge is 0.375 e. The third-order valence-electron chi connectivity index (χ3n) is 4.19. The molecule has 0 heterocycles. The number of unbranched alkanes of at least 4 members (excludes halogenated alkanes) is 1. The Labute approximate surface area is 146 Å². The zero-order valence-electron chi connectivity index (χ0n) is 14.5. The van der Waals surface area contributed by atoms with Crippen molar-refractivity contribution < 1.29 is 0 Å². The molecule has 0 amide bonds. The molecule has 0 aliphatic rings. The van der Waals surface area contributed by atoms with Gasteiger partial charge in [-0.3, -0.25) is 0 Å². The van der Waals surface area contributed by atoms with Gasteiger partial charge in [0.15, 0.2) is 0 Å². The average molecular weight is 316 g/mol. The van der Waals surface area contributed by atoms with E-state index in [0.717, 1.165) is 37.1 Å². The van der Waals surface area contributed by atoms with Crippen molar-refractivity contribution in [1.29, 1.82) is 0 Å². The van der Waals surface area contributed by atoms with Crippen LogP contribution in [-0.2, 0) is 0 Å². The second-order valence-electron chi connectivity index (χ2n) is 5.93. The summed E-state index contributed by atoms with van der Waals surface area (Å²) in [4.78, 5) is 4.53. The van der Waals surface area contributed by atoms with Crippen LogP contribution in [0.15, 0.2) is 48.5 Å². The van der Waals surface area contributed by atoms with Crippen LogP contribution in [0.25, 0.3) is 0 Å². The molecule has 122 valence electrons. The normalized spacial score (nSPS) is 9.83. The zero-order valence-corrected chi connectivity index (χ0v) is 14.5. The van der Waals surface area contributed by atoms with Gasteiger partial charge in [0, 0.05) is 49.7 Å². The minimum atomic E-state index is 0.921. The van der Waals surface area contributed by atoms with Gasteiger partial charge in [0.1, 0.15) is 0 Å². The number of nitrogens with zero attached hydrogens (tertiary/aromatic N) is 2. The number of hydrogen-bond donors (Lipinski definition) is 0. The standard InChI is InChI=1S/C22H24N2/c1-5-19-9-13-21(14-10-19)23(3)17-7-8-18-24(4)22-15-11-20(6-2)12-16-22/h1-2,9-16H,7-8,17-18H2,3-4H3. The van der Waals surface area contributed by atoms with Gasteiger partial charge in [-0.2, -0.15) is 0 Å². The second-order valence-corrected chi connectivity index (χ2v) is 5.93. The highest BCUT2D eigenvalue weighted by Gasteiger charge is 2.03. The van der Waals surface area contributed by atoms with Gasteiger partial charge in [-0.1, -0.05) is 11.8 Å². The average Bonchev–Trinajstić information content (AvgIpc) is 2.65. The number of anilines is 2. The molecule has 0 saturated carbocycles. The molecule has 2 aromatic carbocycles. The molecule has 24 heavy (non-hydrogen) atoms. The molecule has 0 atom stereocenters. The fourth-order valence-electron chi connectivity index (χ4n) is 2.58. The molecule has 0 radical (unpaired) electrons. The molecule has 0 aromatic heterocycles. The van der Waals surface area contributed by atoms with E-state index in [1.165, 1.54) is 11.4 Å². The molecule has 0 aliphatic heterocycles. The smallest absolute Gasteiger partial charge is 0.0364 e. The molecule has 2 aromatic rings. The van der Waals surface area contributed by atoms with Crippen LogP contribution in [0.1, 0.15) is 24.0 Å². The summed E-state index contributed by atoms with van der Waals surface area (Å²) >= 11 is 0. The molecule has 0 fully saturated rings. The number of terminal acetylenes is 2. The third kappa shape index (κ3) is 4.83. The Balaban J connectivity index is 1.75. The van der Waals surface area contributed by atoms with Gasteiger partial charge in [-0.25, -0.2) is 0 Å². The van der Waals surface area contributed by atoms with Crippen LogP contribution in [0.5, 0.6) is 0 Å². The number of benzene rings is 2. The first kappa shape index (κ1) is 17.5. The van der Waals surface area contributed by atoms with E-state index in [9.17, 15) is 0 Å². The van der Waals surface area contributed by atoms with Crippen LogP contribution in [0, 0.1) is 24.7 Å². The Bertz CT molecular complexity index is 649. The summed E-state index contributed by atoms with van der Waals surface area (Å²) in [5.41, 5.74) is 4.24. The molecule has 0 saturated heterocycles. The summed E-state index contributed by atoms with van der Waals surface area (Å²) in [6.45, 7) is 2.05. The first-order chi connectivity index (χ1) is 11.6. The molecule has 2 nitrogen and oxygen atoms in total. The van der Waals surface area contributed by atoms with Crippen LogP contribution in [0.2, 0.25) is 0 Å². The quantitative estimate of drug-likeness (QED) is 0.563. The maximum Gasteiger partial charge on any atom is 0.0364 e. The maximum atomic E-state index is 5.39. The van der Waals surface area contributed by atoms with E-state index in [4.69, 9.17) is 12.8 Å². The van der Waals surface area contributed by atoms with Crippen LogP contribution in [-0.4, -0.2) is 27.2 Å². The van der Waals surface area contributed by atoms with Gasteiger partial charge in [0.05, 0.1) is 0 Å². The fraction of sp³-hybridized carbons (Fsp3) is 0.273. The first-order valence-corrected chi connectivity index (χ1v) is 8.19. The van der Waals surface area contributed by atoms with Crippen LogP contribution >= 0.6 is 0 Å². The Morgan fingerprint density at radius 3 is 1.29 bits per heavy atom. The van der Waals surface area contributed by atoms with Crippen molar-refractivity contribution in [2.75, 3.05) is 37.0 Å². The molecule has 0 N–H and O–H groups in total. The Hall–Kier alpha value is -2.84. The molecule has 2 rings (SSSR count). The van der Waals surface area contributed by atoms with E-state index in [-0.39, 0.29) is 0 Å². The molecule has 0 bridgehead atoms. The van der Waals surface area contributed by atoms with Crippen molar-refractivity contribution in [2.45, 2.75) is 12.8 Å². The predicted octanol–water partition coefficient (Wildman–Crippen LogP) is 4.00. The monoisotopic (exact) mass is 316 g/mol. The summed E-state index contributed by atoms with van der Waals surface area (Å²) in [6, 6.07) is 16.3. The highest BCUT2D eigenvalue weighted by molar-refractivity contribution is 5.50. The van der Waals surface area contributed by atoms with Gasteiger partial charge in [-0.15, -0.1) is 12.8 Å². The van der Waals surface area contributed by atoms with Crippen molar-refractivity contribution >= 4 is 11.4 Å². The zero-order chi connectivity index (χ0) is 17.4. The van der Waals surface area contributed by atoms with Gasteiger partial charge in [0.2, 0.25) is 0 Å². The van der Waals surface area contributed by atoms with E-state index < -0.39 is 0 Å². The lowest BCUT2D eigenvalue weighted by Crippen LogP contribution is -2.22. The molecule has 0 unspecified atom stereocenters. The molecular weight excluding hydrogens is 292 g/mol. The summed E-state index contributed by atoms with van der Waals surface area (Å²) in [6.07, 6.45) is 13.1. The van der Waals surface area contributed by atoms with Crippen molar-refractivity contribution in [3.63, 3.8) is 0 Å². The Kier molecular flexibility index (Phi) is 6.35. The fourth-order valence-corrected chi connectivity index (χ4v) is 2.58. The van der Waals surface area contributed by atoms with Crippen molar-refractivity contribution in [3.05, 3.63) is 59.7 Å².